The number of hydrogen-bond donors (Lipinski definition) is 1. The van der Waals surface area contributed by atoms with Gasteiger partial charge in [-0.15, -0.1) is 0 Å². The number of nitrogens with zero attached hydrogens (tertiary/aromatic N) is 3. The summed E-state index contributed by atoms with van der Waals surface area (Å²) in [6.45, 7) is 1.90. The lowest BCUT2D eigenvalue weighted by molar-refractivity contribution is -0.148. The number of carbonyl (C=O) groups excluding carboxylic acids is 1. The molecule has 1 rings (SSSR count). The Labute approximate surface area is 120 Å². The monoisotopic (exact) mass is 298 g/mol. The number of carbonyl (C=O) groups is 1. The average Bonchev–Trinajstić information content (AvgIpc) is 2.48. The first-order chi connectivity index (χ1) is 9.97. The molecule has 8 heteroatoms. The summed E-state index contributed by atoms with van der Waals surface area (Å²) in [5.41, 5.74) is 6.50. The van der Waals surface area contributed by atoms with E-state index in [1.54, 1.807) is 0 Å². The number of halogens is 2. The lowest BCUT2D eigenvalue weighted by Gasteiger charge is -2.29. The van der Waals surface area contributed by atoms with Crippen LogP contribution in [0.15, 0.2) is 23.3 Å². The van der Waals surface area contributed by atoms with E-state index in [9.17, 15) is 13.6 Å². The van der Waals surface area contributed by atoms with Gasteiger partial charge in [0.15, 0.2) is 11.6 Å². The number of hydrogen-bond acceptors (Lipinski definition) is 4. The topological polar surface area (TPSA) is 87.1 Å². The van der Waals surface area contributed by atoms with Gasteiger partial charge in [0.2, 0.25) is 0 Å². The van der Waals surface area contributed by atoms with E-state index in [2.05, 4.69) is 20.1 Å². The van der Waals surface area contributed by atoms with Crippen molar-refractivity contribution >= 4 is 5.97 Å². The highest BCUT2D eigenvalue weighted by atomic mass is 19.2. The van der Waals surface area contributed by atoms with E-state index < -0.39 is 23.1 Å². The molecule has 21 heavy (non-hydrogen) atoms. The van der Waals surface area contributed by atoms with Crippen molar-refractivity contribution < 1.29 is 18.3 Å². The summed E-state index contributed by atoms with van der Waals surface area (Å²) in [5, 5.41) is 6.18. The highest BCUT2D eigenvalue weighted by molar-refractivity contribution is 5.82. The van der Waals surface area contributed by atoms with Crippen LogP contribution in [0.4, 0.5) is 8.78 Å². The molecule has 1 N–H and O–H groups in total. The summed E-state index contributed by atoms with van der Waals surface area (Å²) >= 11 is 0. The van der Waals surface area contributed by atoms with Crippen LogP contribution in [0.25, 0.3) is 10.4 Å². The number of azide groups is 1. The number of nitrogens with one attached hydrogen (secondary N) is 1. The molecule has 1 unspecified atom stereocenters. The van der Waals surface area contributed by atoms with Gasteiger partial charge in [0.25, 0.3) is 0 Å². The summed E-state index contributed by atoms with van der Waals surface area (Å²) < 4.78 is 32.0. The van der Waals surface area contributed by atoms with Gasteiger partial charge in [0.05, 0.1) is 7.11 Å². The fourth-order valence-electron chi connectivity index (χ4n) is 1.90. The van der Waals surface area contributed by atoms with E-state index in [1.165, 1.54) is 26.2 Å². The third-order valence-corrected chi connectivity index (χ3v) is 3.06. The Morgan fingerprint density at radius 3 is 2.86 bits per heavy atom. The summed E-state index contributed by atoms with van der Waals surface area (Å²) in [6.07, 6.45) is 0.438. The van der Waals surface area contributed by atoms with Gasteiger partial charge in [-0.1, -0.05) is 17.2 Å². The maximum atomic E-state index is 13.9. The molecule has 1 atom stereocenters. The molecule has 0 saturated heterocycles. The van der Waals surface area contributed by atoms with Crippen LogP contribution < -0.4 is 5.32 Å². The quantitative estimate of drug-likeness (QED) is 0.276. The smallest absolute Gasteiger partial charge is 0.330 e. The standard InChI is InChI=1S/C13H16F2N4O2/c1-13(12(20)21-2,17-7-4-8-18-19-16)9-5-3-6-10(14)11(9)15/h3,5-6,17H,4,7-8H2,1-2H3. The molecule has 0 aliphatic carbocycles. The average molecular weight is 298 g/mol. The van der Waals surface area contributed by atoms with Crippen molar-refractivity contribution in [1.29, 1.82) is 0 Å². The molecule has 0 fully saturated rings. The molecule has 1 aromatic carbocycles. The maximum Gasteiger partial charge on any atom is 0.330 e. The number of ether oxygens (including phenoxy) is 1. The van der Waals surface area contributed by atoms with Gasteiger partial charge in [-0.25, -0.2) is 13.6 Å². The Kier molecular flexibility index (Phi) is 6.08. The minimum atomic E-state index is -1.53. The predicted molar refractivity (Wildman–Crippen MR) is 72.4 cm³/mol. The molecule has 0 radical (unpaired) electrons. The van der Waals surface area contributed by atoms with E-state index in [0.29, 0.717) is 6.42 Å². The second kappa shape index (κ2) is 7.56. The predicted octanol–water partition coefficient (Wildman–Crippen LogP) is 2.64. The van der Waals surface area contributed by atoms with Crippen LogP contribution in [-0.2, 0) is 15.1 Å². The van der Waals surface area contributed by atoms with Gasteiger partial charge in [0, 0.05) is 17.0 Å². The van der Waals surface area contributed by atoms with Crippen LogP contribution in [0, 0.1) is 11.6 Å². The van der Waals surface area contributed by atoms with Crippen LogP contribution in [-0.4, -0.2) is 26.2 Å². The molecule has 0 bridgehead atoms. The van der Waals surface area contributed by atoms with Gasteiger partial charge in [-0.3, -0.25) is 5.32 Å². The van der Waals surface area contributed by atoms with Gasteiger partial charge in [-0.2, -0.15) is 0 Å². The highest BCUT2D eigenvalue weighted by Gasteiger charge is 2.38. The Balaban J connectivity index is 3.01. The van der Waals surface area contributed by atoms with Crippen LogP contribution in [0.3, 0.4) is 0 Å². The van der Waals surface area contributed by atoms with Crippen molar-refractivity contribution in [3.63, 3.8) is 0 Å². The van der Waals surface area contributed by atoms with E-state index in [0.717, 1.165) is 6.07 Å². The van der Waals surface area contributed by atoms with Crippen molar-refractivity contribution in [1.82, 2.24) is 5.32 Å². The third kappa shape index (κ3) is 3.90. The Morgan fingerprint density at radius 1 is 1.52 bits per heavy atom. The zero-order valence-corrected chi connectivity index (χ0v) is 11.8. The Morgan fingerprint density at radius 2 is 2.24 bits per heavy atom. The fourth-order valence-corrected chi connectivity index (χ4v) is 1.90. The lowest BCUT2D eigenvalue weighted by Crippen LogP contribution is -2.48. The zero-order valence-electron chi connectivity index (χ0n) is 11.8. The third-order valence-electron chi connectivity index (χ3n) is 3.06. The molecule has 0 aliphatic heterocycles. The molecule has 6 nitrogen and oxygen atoms in total. The summed E-state index contributed by atoms with van der Waals surface area (Å²) in [4.78, 5) is 14.6. The number of esters is 1. The summed E-state index contributed by atoms with van der Waals surface area (Å²) in [7, 11) is 1.17. The number of benzene rings is 1. The van der Waals surface area contributed by atoms with Crippen molar-refractivity contribution in [3.05, 3.63) is 45.8 Å². The van der Waals surface area contributed by atoms with Crippen LogP contribution >= 0.6 is 0 Å². The second-order valence-electron chi connectivity index (χ2n) is 4.45. The van der Waals surface area contributed by atoms with Crippen LogP contribution in [0.1, 0.15) is 18.9 Å². The molecule has 0 aliphatic rings. The summed E-state index contributed by atoms with van der Waals surface area (Å²) in [5.74, 6) is -2.89. The minimum absolute atomic E-state index is 0.141. The minimum Gasteiger partial charge on any atom is -0.467 e. The van der Waals surface area contributed by atoms with E-state index in [4.69, 9.17) is 5.53 Å². The number of methoxy groups -OCH3 is 1. The molecular weight excluding hydrogens is 282 g/mol. The molecule has 0 aromatic heterocycles. The molecule has 0 saturated carbocycles. The maximum absolute atomic E-state index is 13.9. The van der Waals surface area contributed by atoms with Crippen molar-refractivity contribution in [3.8, 4) is 0 Å². The summed E-state index contributed by atoms with van der Waals surface area (Å²) in [6, 6.07) is 3.60. The Bertz CT molecular complexity index is 561. The van der Waals surface area contributed by atoms with Crippen LogP contribution in [0.2, 0.25) is 0 Å². The van der Waals surface area contributed by atoms with Gasteiger partial charge < -0.3 is 4.74 Å². The first kappa shape index (κ1) is 16.9. The van der Waals surface area contributed by atoms with Gasteiger partial charge in [0.1, 0.15) is 5.54 Å². The first-order valence-electron chi connectivity index (χ1n) is 6.26. The van der Waals surface area contributed by atoms with Gasteiger partial charge >= 0.3 is 5.97 Å². The number of rotatable bonds is 7. The Hall–Kier alpha value is -2.18. The molecule has 0 spiro atoms. The van der Waals surface area contributed by atoms with Crippen LogP contribution in [0.5, 0.6) is 0 Å². The largest absolute Gasteiger partial charge is 0.467 e. The zero-order chi connectivity index (χ0) is 15.9. The fraction of sp³-hybridized carbons (Fsp3) is 0.462. The van der Waals surface area contributed by atoms with Crippen molar-refractivity contribution in [2.45, 2.75) is 18.9 Å². The second-order valence-corrected chi connectivity index (χ2v) is 4.45. The normalized spacial score (nSPS) is 13.1. The lowest BCUT2D eigenvalue weighted by atomic mass is 9.91. The van der Waals surface area contributed by atoms with Gasteiger partial charge in [-0.05, 0) is 31.5 Å². The van der Waals surface area contributed by atoms with E-state index in [1.807, 2.05) is 0 Å². The van der Waals surface area contributed by atoms with E-state index >= 15 is 0 Å². The molecule has 0 amide bonds. The molecule has 1 aromatic rings. The highest BCUT2D eigenvalue weighted by Crippen LogP contribution is 2.26. The SMILES string of the molecule is COC(=O)C(C)(NCCCN=[N+]=[N-])c1cccc(F)c1F. The van der Waals surface area contributed by atoms with Crippen molar-refractivity contribution in [2.75, 3.05) is 20.2 Å². The van der Waals surface area contributed by atoms with Crippen molar-refractivity contribution in [2.24, 2.45) is 5.11 Å². The van der Waals surface area contributed by atoms with E-state index in [-0.39, 0.29) is 18.7 Å². The molecular formula is C13H16F2N4O2. The first-order valence-corrected chi connectivity index (χ1v) is 6.26. The molecule has 0 heterocycles. The molecule has 114 valence electrons.